The van der Waals surface area contributed by atoms with E-state index in [1.54, 1.807) is 26.2 Å². The first-order valence-electron chi connectivity index (χ1n) is 7.74. The van der Waals surface area contributed by atoms with Crippen molar-refractivity contribution in [2.45, 2.75) is 19.4 Å². The summed E-state index contributed by atoms with van der Waals surface area (Å²) >= 11 is 0. The molecular formula is C19H22O5. The number of phenolic OH excluding ortho intramolecular Hbond substituents is 1. The van der Waals surface area contributed by atoms with Gasteiger partial charge in [0.2, 0.25) is 0 Å². The summed E-state index contributed by atoms with van der Waals surface area (Å²) in [5, 5.41) is 10.1. The van der Waals surface area contributed by atoms with Gasteiger partial charge < -0.3 is 19.3 Å². The minimum Gasteiger partial charge on any atom is -0.507 e. The van der Waals surface area contributed by atoms with Crippen LogP contribution >= 0.6 is 0 Å². The fraction of sp³-hybridized carbons (Fsp3) is 0.316. The number of aromatic hydroxyl groups is 1. The van der Waals surface area contributed by atoms with Crippen molar-refractivity contribution in [2.24, 2.45) is 0 Å². The average Bonchev–Trinajstić information content (AvgIpc) is 2.61. The molecule has 1 atom stereocenters. The fourth-order valence-corrected chi connectivity index (χ4v) is 2.42. The van der Waals surface area contributed by atoms with Gasteiger partial charge in [-0.2, -0.15) is 0 Å². The Morgan fingerprint density at radius 1 is 1.12 bits per heavy atom. The first-order valence-corrected chi connectivity index (χ1v) is 7.74. The maximum absolute atomic E-state index is 11.9. The lowest BCUT2D eigenvalue weighted by molar-refractivity contribution is -0.154. The van der Waals surface area contributed by atoms with Crippen LogP contribution in [0, 0.1) is 0 Å². The SMILES string of the molecule is CCOC(=O)[C@H](Cc1ccc(O)c(-c2ccc(OC)cc2)c1)OC. The molecule has 0 amide bonds. The zero-order valence-electron chi connectivity index (χ0n) is 14.1. The quantitative estimate of drug-likeness (QED) is 0.790. The molecule has 0 radical (unpaired) electrons. The molecule has 0 aliphatic rings. The Balaban J connectivity index is 2.25. The Labute approximate surface area is 141 Å². The minimum atomic E-state index is -0.668. The fourth-order valence-electron chi connectivity index (χ4n) is 2.42. The Morgan fingerprint density at radius 3 is 2.42 bits per heavy atom. The number of phenols is 1. The second-order valence-electron chi connectivity index (χ2n) is 5.26. The zero-order chi connectivity index (χ0) is 17.5. The number of carbonyl (C=O) groups is 1. The van der Waals surface area contributed by atoms with E-state index < -0.39 is 6.10 Å². The van der Waals surface area contributed by atoms with Gasteiger partial charge in [0.1, 0.15) is 11.5 Å². The van der Waals surface area contributed by atoms with Crippen LogP contribution in [0.4, 0.5) is 0 Å². The third-order valence-electron chi connectivity index (χ3n) is 3.72. The van der Waals surface area contributed by atoms with E-state index in [0.717, 1.165) is 16.9 Å². The molecule has 2 aromatic carbocycles. The normalized spacial score (nSPS) is 11.8. The van der Waals surface area contributed by atoms with Gasteiger partial charge in [-0.1, -0.05) is 18.2 Å². The van der Waals surface area contributed by atoms with Crippen molar-refractivity contribution in [1.29, 1.82) is 0 Å². The third-order valence-corrected chi connectivity index (χ3v) is 3.72. The summed E-state index contributed by atoms with van der Waals surface area (Å²) in [5.41, 5.74) is 2.42. The van der Waals surface area contributed by atoms with Gasteiger partial charge in [0, 0.05) is 19.1 Å². The van der Waals surface area contributed by atoms with Crippen molar-refractivity contribution in [3.8, 4) is 22.6 Å². The van der Waals surface area contributed by atoms with Crippen LogP contribution in [0.5, 0.6) is 11.5 Å². The summed E-state index contributed by atoms with van der Waals surface area (Å²) < 4.78 is 15.4. The summed E-state index contributed by atoms with van der Waals surface area (Å²) in [6.07, 6.45) is -0.295. The van der Waals surface area contributed by atoms with E-state index in [9.17, 15) is 9.90 Å². The van der Waals surface area contributed by atoms with Gasteiger partial charge in [-0.25, -0.2) is 4.79 Å². The lowest BCUT2D eigenvalue weighted by Gasteiger charge is -2.15. The van der Waals surface area contributed by atoms with Crippen molar-refractivity contribution in [1.82, 2.24) is 0 Å². The molecule has 5 nitrogen and oxygen atoms in total. The molecule has 0 aliphatic carbocycles. The zero-order valence-corrected chi connectivity index (χ0v) is 14.1. The topological polar surface area (TPSA) is 65.0 Å². The van der Waals surface area contributed by atoms with Crippen LogP contribution in [0.15, 0.2) is 42.5 Å². The number of methoxy groups -OCH3 is 2. The van der Waals surface area contributed by atoms with Crippen LogP contribution in [0.2, 0.25) is 0 Å². The molecule has 0 fully saturated rings. The maximum Gasteiger partial charge on any atom is 0.335 e. The monoisotopic (exact) mass is 330 g/mol. The molecule has 2 aromatic rings. The van der Waals surface area contributed by atoms with Crippen molar-refractivity contribution in [3.63, 3.8) is 0 Å². The van der Waals surface area contributed by atoms with Crippen molar-refractivity contribution >= 4 is 5.97 Å². The predicted molar refractivity (Wildman–Crippen MR) is 91.2 cm³/mol. The van der Waals surface area contributed by atoms with E-state index in [1.165, 1.54) is 7.11 Å². The van der Waals surface area contributed by atoms with Crippen LogP contribution in [-0.4, -0.2) is 38.0 Å². The maximum atomic E-state index is 11.9. The number of esters is 1. The number of hydrogen-bond acceptors (Lipinski definition) is 5. The first kappa shape index (κ1) is 17.8. The van der Waals surface area contributed by atoms with Crippen LogP contribution in [0.3, 0.4) is 0 Å². The number of benzene rings is 2. The minimum absolute atomic E-state index is 0.175. The van der Waals surface area contributed by atoms with E-state index in [-0.39, 0.29) is 11.7 Å². The van der Waals surface area contributed by atoms with Gasteiger partial charge in [0.15, 0.2) is 6.10 Å². The number of hydrogen-bond donors (Lipinski definition) is 1. The van der Waals surface area contributed by atoms with E-state index in [1.807, 2.05) is 30.3 Å². The Hall–Kier alpha value is -2.53. The van der Waals surface area contributed by atoms with E-state index in [2.05, 4.69) is 0 Å². The number of ether oxygens (including phenoxy) is 3. The molecule has 0 heterocycles. The van der Waals surface area contributed by atoms with Crippen LogP contribution in [-0.2, 0) is 20.7 Å². The van der Waals surface area contributed by atoms with Crippen LogP contribution in [0.1, 0.15) is 12.5 Å². The molecule has 24 heavy (non-hydrogen) atoms. The summed E-state index contributed by atoms with van der Waals surface area (Å²) in [6.45, 7) is 2.07. The van der Waals surface area contributed by atoms with Gasteiger partial charge in [0.05, 0.1) is 13.7 Å². The molecule has 2 rings (SSSR count). The lowest BCUT2D eigenvalue weighted by Crippen LogP contribution is -2.27. The molecule has 0 unspecified atom stereocenters. The molecule has 1 N–H and O–H groups in total. The molecule has 0 saturated heterocycles. The third kappa shape index (κ3) is 4.26. The van der Waals surface area contributed by atoms with Gasteiger partial charge in [-0.05, 0) is 42.3 Å². The molecule has 5 heteroatoms. The molecular weight excluding hydrogens is 308 g/mol. The predicted octanol–water partition coefficient (Wildman–Crippen LogP) is 3.19. The second-order valence-corrected chi connectivity index (χ2v) is 5.26. The van der Waals surface area contributed by atoms with E-state index in [4.69, 9.17) is 14.2 Å². The molecule has 0 saturated carbocycles. The highest BCUT2D eigenvalue weighted by Gasteiger charge is 2.20. The molecule has 0 aliphatic heterocycles. The number of carbonyl (C=O) groups excluding carboxylic acids is 1. The summed E-state index contributed by atoms with van der Waals surface area (Å²) in [5.74, 6) is 0.532. The van der Waals surface area contributed by atoms with Crippen LogP contribution in [0.25, 0.3) is 11.1 Å². The summed E-state index contributed by atoms with van der Waals surface area (Å²) in [7, 11) is 3.08. The highest BCUT2D eigenvalue weighted by Crippen LogP contribution is 2.31. The first-order chi connectivity index (χ1) is 11.6. The molecule has 128 valence electrons. The average molecular weight is 330 g/mol. The second kappa shape index (κ2) is 8.36. The van der Waals surface area contributed by atoms with E-state index in [0.29, 0.717) is 18.6 Å². The van der Waals surface area contributed by atoms with Gasteiger partial charge in [-0.3, -0.25) is 0 Å². The lowest BCUT2D eigenvalue weighted by atomic mass is 9.99. The van der Waals surface area contributed by atoms with Crippen molar-refractivity contribution in [2.75, 3.05) is 20.8 Å². The van der Waals surface area contributed by atoms with Crippen molar-refractivity contribution < 1.29 is 24.1 Å². The van der Waals surface area contributed by atoms with Crippen LogP contribution < -0.4 is 4.74 Å². The number of rotatable bonds is 7. The largest absolute Gasteiger partial charge is 0.507 e. The smallest absolute Gasteiger partial charge is 0.335 e. The summed E-state index contributed by atoms with van der Waals surface area (Å²) in [4.78, 5) is 11.9. The highest BCUT2D eigenvalue weighted by atomic mass is 16.6. The molecule has 0 aromatic heterocycles. The molecule has 0 spiro atoms. The standard InChI is InChI=1S/C19H22O5/c1-4-24-19(21)18(23-3)12-13-5-10-17(20)16(11-13)14-6-8-15(22-2)9-7-14/h5-11,18,20H,4,12H2,1-3H3/t18-/m0/s1. The van der Waals surface area contributed by atoms with Gasteiger partial charge in [-0.15, -0.1) is 0 Å². The highest BCUT2D eigenvalue weighted by molar-refractivity contribution is 5.76. The Kier molecular flexibility index (Phi) is 6.21. The Bertz CT molecular complexity index is 679. The van der Waals surface area contributed by atoms with Gasteiger partial charge in [0.25, 0.3) is 0 Å². The van der Waals surface area contributed by atoms with E-state index >= 15 is 0 Å². The molecule has 0 bridgehead atoms. The van der Waals surface area contributed by atoms with Gasteiger partial charge >= 0.3 is 5.97 Å². The van der Waals surface area contributed by atoms with Crippen molar-refractivity contribution in [3.05, 3.63) is 48.0 Å². The summed E-state index contributed by atoms with van der Waals surface area (Å²) in [6, 6.07) is 12.6. The Morgan fingerprint density at radius 2 is 1.83 bits per heavy atom.